The highest BCUT2D eigenvalue weighted by molar-refractivity contribution is 7.33. The topological polar surface area (TPSA) is 9.23 Å². The van der Waals surface area contributed by atoms with E-state index in [0.29, 0.717) is 0 Å². The van der Waals surface area contributed by atoms with Crippen LogP contribution < -0.4 is 0 Å². The summed E-state index contributed by atoms with van der Waals surface area (Å²) in [6, 6.07) is 0. The van der Waals surface area contributed by atoms with Gasteiger partial charge in [-0.2, -0.15) is 0 Å². The standard InChI is InChI=1S/C5H5OP/c1-2-4-6-7-5-3-1/h1-5H. The Hall–Kier alpha value is -0.550. The minimum absolute atomic E-state index is 0.907. The van der Waals surface area contributed by atoms with Gasteiger partial charge in [0.15, 0.2) is 0 Å². The highest BCUT2D eigenvalue weighted by Gasteiger charge is 1.70. The van der Waals surface area contributed by atoms with Gasteiger partial charge >= 0.3 is 0 Å². The smallest absolute Gasteiger partial charge is 0.124 e. The van der Waals surface area contributed by atoms with Crippen molar-refractivity contribution in [3.05, 3.63) is 24.5 Å². The number of rotatable bonds is 0. The van der Waals surface area contributed by atoms with E-state index in [2.05, 4.69) is 0 Å². The Morgan fingerprint density at radius 2 is 2.14 bits per heavy atom. The zero-order valence-corrected chi connectivity index (χ0v) is 4.64. The third-order valence-electron chi connectivity index (χ3n) is 0.569. The second-order valence-electron chi connectivity index (χ2n) is 1.07. The molecular weight excluding hydrogens is 107 g/mol. The minimum atomic E-state index is 0.907. The molecule has 0 amide bonds. The lowest BCUT2D eigenvalue weighted by molar-refractivity contribution is 0.563. The summed E-state index contributed by atoms with van der Waals surface area (Å²) in [6.07, 6.45) is 7.41. The fourth-order valence-corrected chi connectivity index (χ4v) is 0.680. The maximum absolute atomic E-state index is 4.87. The summed E-state index contributed by atoms with van der Waals surface area (Å²) in [6.45, 7) is 0. The molecule has 0 aromatic rings. The zero-order valence-electron chi connectivity index (χ0n) is 3.74. The monoisotopic (exact) mass is 112 g/mol. The van der Waals surface area contributed by atoms with Crippen LogP contribution >= 0.6 is 8.43 Å². The number of allylic oxidation sites excluding steroid dienone is 3. The maximum atomic E-state index is 4.87. The Bertz CT molecular complexity index is 110. The van der Waals surface area contributed by atoms with Crippen molar-refractivity contribution < 1.29 is 4.52 Å². The molecule has 7 heavy (non-hydrogen) atoms. The summed E-state index contributed by atoms with van der Waals surface area (Å²) in [4.78, 5) is 0. The van der Waals surface area contributed by atoms with Gasteiger partial charge in [-0.15, -0.1) is 0 Å². The van der Waals surface area contributed by atoms with Crippen molar-refractivity contribution in [3.8, 4) is 0 Å². The SMILES string of the molecule is C1=CC=POC=C1. The molecule has 0 spiro atoms. The van der Waals surface area contributed by atoms with E-state index in [4.69, 9.17) is 4.52 Å². The third-order valence-corrected chi connectivity index (χ3v) is 1.11. The van der Waals surface area contributed by atoms with E-state index in [1.807, 2.05) is 24.0 Å². The molecule has 0 atom stereocenters. The normalized spacial score (nSPS) is 18.3. The lowest BCUT2D eigenvalue weighted by Gasteiger charge is -1.77. The Morgan fingerprint density at radius 1 is 1.14 bits per heavy atom. The first-order chi connectivity index (χ1) is 3.50. The molecule has 1 nitrogen and oxygen atoms in total. The number of hydrogen-bond acceptors (Lipinski definition) is 1. The summed E-state index contributed by atoms with van der Waals surface area (Å²) >= 11 is 0. The lowest BCUT2D eigenvalue weighted by atomic mass is 10.5. The van der Waals surface area contributed by atoms with Crippen molar-refractivity contribution in [1.29, 1.82) is 0 Å². The van der Waals surface area contributed by atoms with Crippen molar-refractivity contribution in [2.24, 2.45) is 0 Å². The summed E-state index contributed by atoms with van der Waals surface area (Å²) in [5.41, 5.74) is 0. The molecule has 0 N–H and O–H groups in total. The average molecular weight is 112 g/mol. The summed E-state index contributed by atoms with van der Waals surface area (Å²) < 4.78 is 4.87. The van der Waals surface area contributed by atoms with Crippen molar-refractivity contribution in [1.82, 2.24) is 0 Å². The van der Waals surface area contributed by atoms with Crippen LogP contribution in [0.2, 0.25) is 0 Å². The fourth-order valence-electron chi connectivity index (χ4n) is 0.300. The molecule has 1 aliphatic heterocycles. The van der Waals surface area contributed by atoms with Crippen LogP contribution in [0.4, 0.5) is 0 Å². The van der Waals surface area contributed by atoms with Gasteiger partial charge in [-0.3, -0.25) is 0 Å². The average Bonchev–Trinajstić information content (AvgIpc) is 1.90. The Labute approximate surface area is 44.2 Å². The predicted molar refractivity (Wildman–Crippen MR) is 32.3 cm³/mol. The first kappa shape index (κ1) is 4.61. The van der Waals surface area contributed by atoms with Gasteiger partial charge in [0.05, 0.1) is 6.26 Å². The molecular formula is C5H5OP. The van der Waals surface area contributed by atoms with Gasteiger partial charge in [0, 0.05) is 5.80 Å². The van der Waals surface area contributed by atoms with Crippen LogP contribution in [0.5, 0.6) is 0 Å². The molecule has 0 saturated carbocycles. The van der Waals surface area contributed by atoms with Crippen LogP contribution in [0.3, 0.4) is 0 Å². The van der Waals surface area contributed by atoms with E-state index < -0.39 is 0 Å². The molecule has 36 valence electrons. The van der Waals surface area contributed by atoms with Gasteiger partial charge in [0.2, 0.25) is 0 Å². The van der Waals surface area contributed by atoms with Crippen molar-refractivity contribution in [2.45, 2.75) is 0 Å². The Morgan fingerprint density at radius 3 is 3.14 bits per heavy atom. The highest BCUT2D eigenvalue weighted by Crippen LogP contribution is 2.00. The molecule has 0 aromatic carbocycles. The summed E-state index contributed by atoms with van der Waals surface area (Å²) in [5.74, 6) is 1.93. The summed E-state index contributed by atoms with van der Waals surface area (Å²) in [5, 5.41) is 0. The molecule has 0 saturated heterocycles. The molecule has 0 fully saturated rings. The molecule has 0 aliphatic carbocycles. The highest BCUT2D eigenvalue weighted by atomic mass is 31.1. The van der Waals surface area contributed by atoms with Gasteiger partial charge in [-0.1, -0.05) is 12.2 Å². The quantitative estimate of drug-likeness (QED) is 0.434. The van der Waals surface area contributed by atoms with Crippen LogP contribution in [0.1, 0.15) is 0 Å². The van der Waals surface area contributed by atoms with E-state index >= 15 is 0 Å². The lowest BCUT2D eigenvalue weighted by Crippen LogP contribution is -1.48. The van der Waals surface area contributed by atoms with Gasteiger partial charge in [0.25, 0.3) is 0 Å². The minimum Gasteiger partial charge on any atom is -0.447 e. The first-order valence-electron chi connectivity index (χ1n) is 2.01. The molecule has 0 aromatic heterocycles. The van der Waals surface area contributed by atoms with Gasteiger partial charge in [0.1, 0.15) is 8.43 Å². The molecule has 0 radical (unpaired) electrons. The summed E-state index contributed by atoms with van der Waals surface area (Å²) in [7, 11) is 0.907. The zero-order chi connectivity index (χ0) is 4.95. The largest absolute Gasteiger partial charge is 0.447 e. The first-order valence-corrected chi connectivity index (χ1v) is 2.89. The van der Waals surface area contributed by atoms with E-state index in [0.717, 1.165) is 8.43 Å². The van der Waals surface area contributed by atoms with Crippen molar-refractivity contribution >= 4 is 14.2 Å². The maximum Gasteiger partial charge on any atom is 0.124 e. The van der Waals surface area contributed by atoms with E-state index in [9.17, 15) is 0 Å². The molecule has 2 heteroatoms. The van der Waals surface area contributed by atoms with Gasteiger partial charge in [-0.25, -0.2) is 0 Å². The van der Waals surface area contributed by atoms with E-state index in [-0.39, 0.29) is 0 Å². The molecule has 0 bridgehead atoms. The van der Waals surface area contributed by atoms with Crippen molar-refractivity contribution in [3.63, 3.8) is 0 Å². The van der Waals surface area contributed by atoms with Gasteiger partial charge < -0.3 is 4.52 Å². The van der Waals surface area contributed by atoms with Gasteiger partial charge in [-0.05, 0) is 6.08 Å². The van der Waals surface area contributed by atoms with Crippen LogP contribution in [-0.2, 0) is 4.52 Å². The van der Waals surface area contributed by atoms with Crippen LogP contribution in [0, 0.1) is 0 Å². The fraction of sp³-hybridized carbons (Fsp3) is 0. The predicted octanol–water partition coefficient (Wildman–Crippen LogP) is 1.75. The molecule has 1 rings (SSSR count). The Balaban J connectivity index is 2.60. The second kappa shape index (κ2) is 2.59. The Kier molecular flexibility index (Phi) is 1.71. The molecule has 1 aliphatic rings. The van der Waals surface area contributed by atoms with Crippen LogP contribution in [0.25, 0.3) is 0 Å². The third kappa shape index (κ3) is 1.56. The molecule has 0 unspecified atom stereocenters. The molecule has 1 heterocycles. The van der Waals surface area contributed by atoms with Crippen LogP contribution in [-0.4, -0.2) is 5.80 Å². The second-order valence-corrected chi connectivity index (χ2v) is 1.79. The number of hydrogen-bond donors (Lipinski definition) is 0. The van der Waals surface area contributed by atoms with Crippen LogP contribution in [0.15, 0.2) is 24.5 Å². The van der Waals surface area contributed by atoms with E-state index in [1.165, 1.54) is 0 Å². The van der Waals surface area contributed by atoms with Crippen molar-refractivity contribution in [2.75, 3.05) is 0 Å². The van der Waals surface area contributed by atoms with E-state index in [1.54, 1.807) is 6.26 Å².